The van der Waals surface area contributed by atoms with Crippen LogP contribution >= 0.6 is 11.6 Å². The van der Waals surface area contributed by atoms with Gasteiger partial charge in [-0.1, -0.05) is 54.1 Å². The molecular weight excluding hydrogens is 334 g/mol. The SMILES string of the molecule is O=C(CN1CCN(Cc2ccccc2)CC1)NCc1cccc(Cl)c1. The van der Waals surface area contributed by atoms with Gasteiger partial charge in [-0.05, 0) is 23.3 Å². The number of hydrogen-bond donors (Lipinski definition) is 1. The molecule has 1 amide bonds. The Labute approximate surface area is 154 Å². The minimum absolute atomic E-state index is 0.0662. The van der Waals surface area contributed by atoms with E-state index in [0.717, 1.165) is 38.3 Å². The van der Waals surface area contributed by atoms with Crippen LogP contribution in [0.4, 0.5) is 0 Å². The van der Waals surface area contributed by atoms with Crippen molar-refractivity contribution in [1.29, 1.82) is 0 Å². The van der Waals surface area contributed by atoms with Crippen molar-refractivity contribution in [3.8, 4) is 0 Å². The number of benzene rings is 2. The van der Waals surface area contributed by atoms with E-state index in [1.807, 2.05) is 30.3 Å². The smallest absolute Gasteiger partial charge is 0.234 e. The summed E-state index contributed by atoms with van der Waals surface area (Å²) in [5, 5.41) is 3.67. The fraction of sp³-hybridized carbons (Fsp3) is 0.350. The zero-order chi connectivity index (χ0) is 17.5. The van der Waals surface area contributed by atoms with Crippen molar-refractivity contribution in [3.05, 3.63) is 70.7 Å². The van der Waals surface area contributed by atoms with E-state index in [4.69, 9.17) is 11.6 Å². The Kier molecular flexibility index (Phi) is 6.45. The van der Waals surface area contributed by atoms with Crippen molar-refractivity contribution in [1.82, 2.24) is 15.1 Å². The average molecular weight is 358 g/mol. The maximum atomic E-state index is 12.1. The topological polar surface area (TPSA) is 35.6 Å². The predicted molar refractivity (Wildman–Crippen MR) is 101 cm³/mol. The minimum Gasteiger partial charge on any atom is -0.351 e. The third kappa shape index (κ3) is 5.85. The number of halogens is 1. The van der Waals surface area contributed by atoms with Gasteiger partial charge in [0, 0.05) is 44.3 Å². The van der Waals surface area contributed by atoms with E-state index in [1.165, 1.54) is 5.56 Å². The van der Waals surface area contributed by atoms with Gasteiger partial charge >= 0.3 is 0 Å². The highest BCUT2D eigenvalue weighted by Crippen LogP contribution is 2.10. The van der Waals surface area contributed by atoms with Gasteiger partial charge in [0.05, 0.1) is 6.54 Å². The molecule has 0 radical (unpaired) electrons. The molecule has 1 aliphatic heterocycles. The second kappa shape index (κ2) is 8.99. The zero-order valence-corrected chi connectivity index (χ0v) is 15.1. The lowest BCUT2D eigenvalue weighted by atomic mass is 10.2. The number of carbonyl (C=O) groups is 1. The number of piperazine rings is 1. The van der Waals surface area contributed by atoms with Crippen LogP contribution in [0.15, 0.2) is 54.6 Å². The summed E-state index contributed by atoms with van der Waals surface area (Å²) in [4.78, 5) is 16.8. The van der Waals surface area contributed by atoms with E-state index in [2.05, 4.69) is 39.4 Å². The van der Waals surface area contributed by atoms with Crippen molar-refractivity contribution in [2.24, 2.45) is 0 Å². The second-order valence-electron chi connectivity index (χ2n) is 6.44. The van der Waals surface area contributed by atoms with Crippen molar-refractivity contribution in [2.45, 2.75) is 13.1 Å². The molecule has 1 saturated heterocycles. The molecule has 0 bridgehead atoms. The Hall–Kier alpha value is -1.88. The maximum Gasteiger partial charge on any atom is 0.234 e. The molecular formula is C20H24ClN3O. The van der Waals surface area contributed by atoms with Crippen molar-refractivity contribution in [2.75, 3.05) is 32.7 Å². The molecule has 0 atom stereocenters. The van der Waals surface area contributed by atoms with Gasteiger partial charge in [-0.15, -0.1) is 0 Å². The molecule has 1 heterocycles. The molecule has 2 aromatic carbocycles. The quantitative estimate of drug-likeness (QED) is 0.863. The summed E-state index contributed by atoms with van der Waals surface area (Å²) in [6.07, 6.45) is 0. The molecule has 1 N–H and O–H groups in total. The van der Waals surface area contributed by atoms with E-state index < -0.39 is 0 Å². The van der Waals surface area contributed by atoms with Crippen LogP contribution in [0.5, 0.6) is 0 Å². The van der Waals surface area contributed by atoms with E-state index in [-0.39, 0.29) is 5.91 Å². The number of nitrogens with zero attached hydrogens (tertiary/aromatic N) is 2. The molecule has 2 aromatic rings. The molecule has 1 aliphatic rings. The van der Waals surface area contributed by atoms with Crippen LogP contribution < -0.4 is 5.32 Å². The summed E-state index contributed by atoms with van der Waals surface area (Å²) in [6, 6.07) is 18.1. The summed E-state index contributed by atoms with van der Waals surface area (Å²) in [6.45, 7) is 5.81. The standard InChI is InChI=1S/C20H24ClN3O/c21-19-8-4-7-18(13-19)14-22-20(25)16-24-11-9-23(10-12-24)15-17-5-2-1-3-6-17/h1-8,13H,9-12,14-16H2,(H,22,25). The van der Waals surface area contributed by atoms with E-state index in [1.54, 1.807) is 0 Å². The molecule has 0 saturated carbocycles. The fourth-order valence-electron chi connectivity index (χ4n) is 3.05. The molecule has 3 rings (SSSR count). The van der Waals surface area contributed by atoms with Crippen LogP contribution in [0.3, 0.4) is 0 Å². The van der Waals surface area contributed by atoms with Crippen molar-refractivity contribution >= 4 is 17.5 Å². The summed E-state index contributed by atoms with van der Waals surface area (Å²) in [5.41, 5.74) is 2.36. The van der Waals surface area contributed by atoms with Gasteiger partial charge in [-0.3, -0.25) is 14.6 Å². The number of hydrogen-bond acceptors (Lipinski definition) is 3. The summed E-state index contributed by atoms with van der Waals surface area (Å²) < 4.78 is 0. The Bertz CT molecular complexity index is 684. The van der Waals surface area contributed by atoms with E-state index in [0.29, 0.717) is 18.1 Å². The Morgan fingerprint density at radius 3 is 2.32 bits per heavy atom. The highest BCUT2D eigenvalue weighted by Gasteiger charge is 2.18. The van der Waals surface area contributed by atoms with Gasteiger partial charge in [0.25, 0.3) is 0 Å². The molecule has 0 unspecified atom stereocenters. The maximum absolute atomic E-state index is 12.1. The molecule has 0 aliphatic carbocycles. The van der Waals surface area contributed by atoms with Crippen molar-refractivity contribution in [3.63, 3.8) is 0 Å². The Morgan fingerprint density at radius 1 is 0.920 bits per heavy atom. The van der Waals surface area contributed by atoms with Crippen LogP contribution in [-0.2, 0) is 17.9 Å². The summed E-state index contributed by atoms with van der Waals surface area (Å²) >= 11 is 5.96. The van der Waals surface area contributed by atoms with Crippen LogP contribution in [0, 0.1) is 0 Å². The highest BCUT2D eigenvalue weighted by molar-refractivity contribution is 6.30. The van der Waals surface area contributed by atoms with Crippen LogP contribution in [-0.4, -0.2) is 48.4 Å². The van der Waals surface area contributed by atoms with Gasteiger partial charge in [-0.2, -0.15) is 0 Å². The molecule has 1 fully saturated rings. The summed E-state index contributed by atoms with van der Waals surface area (Å²) in [7, 11) is 0. The highest BCUT2D eigenvalue weighted by atomic mass is 35.5. The second-order valence-corrected chi connectivity index (χ2v) is 6.88. The van der Waals surface area contributed by atoms with Crippen LogP contribution in [0.1, 0.15) is 11.1 Å². The molecule has 0 spiro atoms. The molecule has 0 aromatic heterocycles. The molecule has 4 nitrogen and oxygen atoms in total. The first kappa shape index (κ1) is 17.9. The third-order valence-corrected chi connectivity index (χ3v) is 4.69. The number of amides is 1. The third-order valence-electron chi connectivity index (χ3n) is 4.46. The average Bonchev–Trinajstić information content (AvgIpc) is 2.63. The zero-order valence-electron chi connectivity index (χ0n) is 14.3. The number of rotatable bonds is 6. The Morgan fingerprint density at radius 2 is 1.60 bits per heavy atom. The number of carbonyl (C=O) groups excluding carboxylic acids is 1. The van der Waals surface area contributed by atoms with Gasteiger partial charge in [0.15, 0.2) is 0 Å². The first-order valence-electron chi connectivity index (χ1n) is 8.69. The number of nitrogens with one attached hydrogen (secondary N) is 1. The molecule has 132 valence electrons. The minimum atomic E-state index is 0.0662. The molecule has 25 heavy (non-hydrogen) atoms. The lowest BCUT2D eigenvalue weighted by Gasteiger charge is -2.34. The van der Waals surface area contributed by atoms with E-state index in [9.17, 15) is 4.79 Å². The lowest BCUT2D eigenvalue weighted by Crippen LogP contribution is -2.49. The summed E-state index contributed by atoms with van der Waals surface area (Å²) in [5.74, 6) is 0.0662. The first-order valence-corrected chi connectivity index (χ1v) is 9.06. The monoisotopic (exact) mass is 357 g/mol. The van der Waals surface area contributed by atoms with Crippen LogP contribution in [0.25, 0.3) is 0 Å². The Balaban J connectivity index is 1.37. The normalized spacial score (nSPS) is 15.9. The van der Waals surface area contributed by atoms with Gasteiger partial charge in [-0.25, -0.2) is 0 Å². The van der Waals surface area contributed by atoms with Crippen molar-refractivity contribution < 1.29 is 4.79 Å². The predicted octanol–water partition coefficient (Wildman–Crippen LogP) is 2.77. The van der Waals surface area contributed by atoms with Crippen LogP contribution in [0.2, 0.25) is 5.02 Å². The molecule has 5 heteroatoms. The first-order chi connectivity index (χ1) is 12.2. The van der Waals surface area contributed by atoms with Gasteiger partial charge in [0.2, 0.25) is 5.91 Å². The lowest BCUT2D eigenvalue weighted by molar-refractivity contribution is -0.122. The fourth-order valence-corrected chi connectivity index (χ4v) is 3.27. The largest absolute Gasteiger partial charge is 0.351 e. The van der Waals surface area contributed by atoms with Gasteiger partial charge in [0.1, 0.15) is 0 Å². The van der Waals surface area contributed by atoms with Gasteiger partial charge < -0.3 is 5.32 Å². The van der Waals surface area contributed by atoms with E-state index >= 15 is 0 Å².